The predicted octanol–water partition coefficient (Wildman–Crippen LogP) is 3.15. The van der Waals surface area contributed by atoms with E-state index in [1.54, 1.807) is 0 Å². The zero-order valence-corrected chi connectivity index (χ0v) is 10.1. The minimum atomic E-state index is 0.428. The lowest BCUT2D eigenvalue weighted by Crippen LogP contribution is -2.15. The second kappa shape index (κ2) is 5.02. The third-order valence-electron chi connectivity index (χ3n) is 3.32. The molecule has 1 aliphatic rings. The summed E-state index contributed by atoms with van der Waals surface area (Å²) in [7, 11) is 1.97. The van der Waals surface area contributed by atoms with Crippen LogP contribution in [0.2, 0.25) is 0 Å². The van der Waals surface area contributed by atoms with E-state index in [1.807, 2.05) is 17.9 Å². The monoisotopic (exact) mass is 226 g/mol. The predicted molar refractivity (Wildman–Crippen MR) is 63.1 cm³/mol. The van der Waals surface area contributed by atoms with Crippen LogP contribution in [0.1, 0.15) is 37.7 Å². The van der Waals surface area contributed by atoms with Gasteiger partial charge in [0.15, 0.2) is 0 Å². The molecule has 1 aliphatic carbocycles. The topological polar surface area (TPSA) is 17.8 Å². The Balaban J connectivity index is 1.77. The summed E-state index contributed by atoms with van der Waals surface area (Å²) >= 11 is 6.18. The van der Waals surface area contributed by atoms with Gasteiger partial charge in [0.1, 0.15) is 0 Å². The summed E-state index contributed by atoms with van der Waals surface area (Å²) in [6.07, 6.45) is 11.6. The van der Waals surface area contributed by atoms with Crippen LogP contribution in [0.25, 0.3) is 0 Å². The summed E-state index contributed by atoms with van der Waals surface area (Å²) in [4.78, 5) is 0. The molecule has 1 aromatic heterocycles. The highest BCUT2D eigenvalue weighted by atomic mass is 35.5. The number of hydrogen-bond acceptors (Lipinski definition) is 1. The number of rotatable bonds is 3. The first-order valence-electron chi connectivity index (χ1n) is 5.85. The van der Waals surface area contributed by atoms with Gasteiger partial charge in [0.2, 0.25) is 0 Å². The maximum atomic E-state index is 6.18. The first-order chi connectivity index (χ1) is 7.24. The van der Waals surface area contributed by atoms with Crippen molar-refractivity contribution in [1.29, 1.82) is 0 Å². The summed E-state index contributed by atoms with van der Waals surface area (Å²) < 4.78 is 1.88. The van der Waals surface area contributed by atoms with Crippen molar-refractivity contribution in [3.63, 3.8) is 0 Å². The molecule has 0 saturated heterocycles. The van der Waals surface area contributed by atoms with Crippen LogP contribution in [0, 0.1) is 5.92 Å². The maximum Gasteiger partial charge on any atom is 0.0521 e. The molecule has 0 aliphatic heterocycles. The zero-order chi connectivity index (χ0) is 10.7. The molecule has 1 aromatic rings. The van der Waals surface area contributed by atoms with Crippen LogP contribution in [0.15, 0.2) is 12.4 Å². The third-order valence-corrected chi connectivity index (χ3v) is 3.71. The van der Waals surface area contributed by atoms with Crippen molar-refractivity contribution < 1.29 is 0 Å². The highest BCUT2D eigenvalue weighted by Gasteiger charge is 2.19. The molecule has 0 aromatic carbocycles. The molecule has 1 heterocycles. The lowest BCUT2D eigenvalue weighted by atomic mass is 9.85. The maximum absolute atomic E-state index is 6.18. The van der Waals surface area contributed by atoms with Gasteiger partial charge >= 0.3 is 0 Å². The van der Waals surface area contributed by atoms with Crippen LogP contribution >= 0.6 is 11.6 Å². The number of aromatic nitrogens is 2. The Morgan fingerprint density at radius 2 is 2.40 bits per heavy atom. The van der Waals surface area contributed by atoms with Crippen LogP contribution in [-0.4, -0.2) is 15.2 Å². The number of alkyl halides is 1. The minimum Gasteiger partial charge on any atom is -0.276 e. The molecule has 15 heavy (non-hydrogen) atoms. The van der Waals surface area contributed by atoms with E-state index >= 15 is 0 Å². The lowest BCUT2D eigenvalue weighted by Gasteiger charge is -2.25. The molecule has 0 bridgehead atoms. The standard InChI is InChI=1S/C12H19ClN2/c1-15-9-11(8-14-15)6-5-10-3-2-4-12(13)7-10/h8-10,12H,2-7H2,1H3. The number of hydrogen-bond donors (Lipinski definition) is 0. The molecule has 0 radical (unpaired) electrons. The summed E-state index contributed by atoms with van der Waals surface area (Å²) in [5, 5.41) is 4.61. The number of aryl methyl sites for hydroxylation is 2. The van der Waals surface area contributed by atoms with E-state index in [4.69, 9.17) is 11.6 Å². The molecular weight excluding hydrogens is 208 g/mol. The molecule has 2 nitrogen and oxygen atoms in total. The quantitative estimate of drug-likeness (QED) is 0.724. The van der Waals surface area contributed by atoms with Crippen molar-refractivity contribution in [3.05, 3.63) is 18.0 Å². The van der Waals surface area contributed by atoms with E-state index in [0.717, 1.165) is 12.3 Å². The molecule has 84 valence electrons. The molecule has 0 amide bonds. The Morgan fingerprint density at radius 1 is 1.53 bits per heavy atom. The molecule has 2 unspecified atom stereocenters. The molecule has 2 atom stereocenters. The SMILES string of the molecule is Cn1cc(CCC2CCCC(Cl)C2)cn1. The van der Waals surface area contributed by atoms with Crippen LogP contribution in [0.3, 0.4) is 0 Å². The largest absolute Gasteiger partial charge is 0.276 e. The molecule has 3 heteroatoms. The second-order valence-corrected chi connectivity index (χ2v) is 5.31. The Morgan fingerprint density at radius 3 is 3.07 bits per heavy atom. The van der Waals surface area contributed by atoms with Crippen LogP contribution in [0.4, 0.5) is 0 Å². The van der Waals surface area contributed by atoms with Crippen LogP contribution in [-0.2, 0) is 13.5 Å². The van der Waals surface area contributed by atoms with Gasteiger partial charge in [-0.1, -0.05) is 12.8 Å². The minimum absolute atomic E-state index is 0.428. The van der Waals surface area contributed by atoms with E-state index in [2.05, 4.69) is 11.3 Å². The van der Waals surface area contributed by atoms with Gasteiger partial charge in [-0.2, -0.15) is 5.10 Å². The van der Waals surface area contributed by atoms with Gasteiger partial charge in [-0.25, -0.2) is 0 Å². The van der Waals surface area contributed by atoms with Gasteiger partial charge in [-0.3, -0.25) is 4.68 Å². The summed E-state index contributed by atoms with van der Waals surface area (Å²) in [5.74, 6) is 0.835. The first-order valence-corrected chi connectivity index (χ1v) is 6.29. The van der Waals surface area contributed by atoms with E-state index in [0.29, 0.717) is 5.38 Å². The van der Waals surface area contributed by atoms with Gasteiger partial charge in [0.05, 0.1) is 6.20 Å². The van der Waals surface area contributed by atoms with E-state index in [9.17, 15) is 0 Å². The first kappa shape index (κ1) is 11.0. The normalized spacial score (nSPS) is 26.8. The molecular formula is C12H19ClN2. The van der Waals surface area contributed by atoms with Crippen molar-refractivity contribution in [1.82, 2.24) is 9.78 Å². The van der Waals surface area contributed by atoms with E-state index < -0.39 is 0 Å². The van der Waals surface area contributed by atoms with Gasteiger partial charge in [0, 0.05) is 18.6 Å². The average molecular weight is 227 g/mol. The fourth-order valence-electron chi connectivity index (χ4n) is 2.46. The second-order valence-electron chi connectivity index (χ2n) is 4.69. The Kier molecular flexibility index (Phi) is 3.68. The highest BCUT2D eigenvalue weighted by molar-refractivity contribution is 6.20. The average Bonchev–Trinajstić information content (AvgIpc) is 2.62. The lowest BCUT2D eigenvalue weighted by molar-refractivity contribution is 0.343. The Bertz CT molecular complexity index is 308. The molecule has 2 rings (SSSR count). The highest BCUT2D eigenvalue weighted by Crippen LogP contribution is 2.30. The van der Waals surface area contributed by atoms with Crippen LogP contribution in [0.5, 0.6) is 0 Å². The van der Waals surface area contributed by atoms with Crippen molar-refractivity contribution in [2.75, 3.05) is 0 Å². The summed E-state index contributed by atoms with van der Waals surface area (Å²) in [6.45, 7) is 0. The molecule has 0 N–H and O–H groups in total. The fraction of sp³-hybridized carbons (Fsp3) is 0.750. The van der Waals surface area contributed by atoms with Gasteiger partial charge in [-0.05, 0) is 37.2 Å². The van der Waals surface area contributed by atoms with Gasteiger partial charge in [0.25, 0.3) is 0 Å². The fourth-order valence-corrected chi connectivity index (χ4v) is 2.87. The number of halogens is 1. The van der Waals surface area contributed by atoms with Gasteiger partial charge < -0.3 is 0 Å². The van der Waals surface area contributed by atoms with Crippen molar-refractivity contribution in [3.8, 4) is 0 Å². The van der Waals surface area contributed by atoms with Crippen molar-refractivity contribution in [2.45, 2.75) is 43.9 Å². The summed E-state index contributed by atoms with van der Waals surface area (Å²) in [6, 6.07) is 0. The zero-order valence-electron chi connectivity index (χ0n) is 9.32. The molecule has 1 saturated carbocycles. The van der Waals surface area contributed by atoms with E-state index in [-0.39, 0.29) is 0 Å². The van der Waals surface area contributed by atoms with Crippen LogP contribution < -0.4 is 0 Å². The Labute approximate surface area is 96.6 Å². The van der Waals surface area contributed by atoms with Crippen molar-refractivity contribution >= 4 is 11.6 Å². The number of nitrogens with zero attached hydrogens (tertiary/aromatic N) is 2. The van der Waals surface area contributed by atoms with E-state index in [1.165, 1.54) is 37.7 Å². The molecule has 0 spiro atoms. The third kappa shape index (κ3) is 3.23. The van der Waals surface area contributed by atoms with Crippen molar-refractivity contribution in [2.24, 2.45) is 13.0 Å². The Hall–Kier alpha value is -0.500. The smallest absolute Gasteiger partial charge is 0.0521 e. The van der Waals surface area contributed by atoms with Gasteiger partial charge in [-0.15, -0.1) is 11.6 Å². The molecule has 1 fully saturated rings. The summed E-state index contributed by atoms with van der Waals surface area (Å²) in [5.41, 5.74) is 1.36.